The van der Waals surface area contributed by atoms with Gasteiger partial charge in [-0.1, -0.05) is 18.2 Å². The van der Waals surface area contributed by atoms with Crippen LogP contribution in [-0.2, 0) is 6.54 Å². The molecule has 2 rings (SSSR count). The number of hydrogen-bond acceptors (Lipinski definition) is 3. The minimum Gasteiger partial charge on any atom is -0.461 e. The molecule has 17 heavy (non-hydrogen) atoms. The van der Waals surface area contributed by atoms with Crippen LogP contribution in [0.1, 0.15) is 17.7 Å². The summed E-state index contributed by atoms with van der Waals surface area (Å²) in [7, 11) is 2.12. The third-order valence-electron chi connectivity index (χ3n) is 3.07. The summed E-state index contributed by atoms with van der Waals surface area (Å²) in [5.74, 6) is 1.02. The molecule has 0 saturated heterocycles. The van der Waals surface area contributed by atoms with E-state index in [2.05, 4.69) is 24.1 Å². The van der Waals surface area contributed by atoms with Crippen molar-refractivity contribution in [3.63, 3.8) is 0 Å². The Morgan fingerprint density at radius 3 is 2.82 bits per heavy atom. The normalized spacial score (nSPS) is 11.5. The van der Waals surface area contributed by atoms with Gasteiger partial charge in [0.2, 0.25) is 0 Å². The zero-order valence-corrected chi connectivity index (χ0v) is 10.6. The summed E-state index contributed by atoms with van der Waals surface area (Å²) in [6.07, 6.45) is 1.03. The lowest BCUT2D eigenvalue weighted by atomic mass is 10.1. The van der Waals surface area contributed by atoms with Gasteiger partial charge in [-0.25, -0.2) is 0 Å². The van der Waals surface area contributed by atoms with Crippen LogP contribution in [-0.4, -0.2) is 25.0 Å². The number of fused-ring (bicyclic) bond motifs is 1. The van der Waals surface area contributed by atoms with Gasteiger partial charge >= 0.3 is 0 Å². The van der Waals surface area contributed by atoms with Crippen molar-refractivity contribution in [1.29, 1.82) is 0 Å². The molecule has 3 heteroatoms. The van der Waals surface area contributed by atoms with Crippen LogP contribution in [0.15, 0.2) is 28.7 Å². The molecular formula is C14H20N2O. The molecule has 0 saturated carbocycles. The average Bonchev–Trinajstić information content (AvgIpc) is 2.64. The predicted molar refractivity (Wildman–Crippen MR) is 71.0 cm³/mol. The van der Waals surface area contributed by atoms with Crippen molar-refractivity contribution >= 4 is 11.0 Å². The van der Waals surface area contributed by atoms with E-state index in [1.54, 1.807) is 0 Å². The zero-order valence-electron chi connectivity index (χ0n) is 10.6. The number of furan rings is 1. The Hall–Kier alpha value is -1.32. The Bertz CT molecular complexity index is 490. The quantitative estimate of drug-likeness (QED) is 0.861. The monoisotopic (exact) mass is 232 g/mol. The van der Waals surface area contributed by atoms with Crippen LogP contribution >= 0.6 is 0 Å². The molecule has 92 valence electrons. The maximum Gasteiger partial charge on any atom is 0.134 e. The van der Waals surface area contributed by atoms with Crippen molar-refractivity contribution in [2.75, 3.05) is 20.1 Å². The average molecular weight is 232 g/mol. The third-order valence-corrected chi connectivity index (χ3v) is 3.07. The minimum absolute atomic E-state index is 0.745. The van der Waals surface area contributed by atoms with Gasteiger partial charge in [0, 0.05) is 17.5 Å². The van der Waals surface area contributed by atoms with Crippen LogP contribution < -0.4 is 5.73 Å². The van der Waals surface area contributed by atoms with E-state index in [0.29, 0.717) is 0 Å². The number of rotatable bonds is 5. The Morgan fingerprint density at radius 2 is 2.06 bits per heavy atom. The van der Waals surface area contributed by atoms with E-state index in [0.717, 1.165) is 37.4 Å². The van der Waals surface area contributed by atoms with E-state index in [4.69, 9.17) is 10.2 Å². The van der Waals surface area contributed by atoms with Crippen LogP contribution in [0, 0.1) is 6.92 Å². The number of nitrogens with two attached hydrogens (primary N) is 1. The van der Waals surface area contributed by atoms with Gasteiger partial charge in [-0.05, 0) is 39.5 Å². The summed E-state index contributed by atoms with van der Waals surface area (Å²) in [6, 6.07) is 8.21. The van der Waals surface area contributed by atoms with Gasteiger partial charge < -0.3 is 15.1 Å². The molecule has 0 amide bonds. The third kappa shape index (κ3) is 2.68. The molecule has 0 bridgehead atoms. The van der Waals surface area contributed by atoms with Gasteiger partial charge in [0.05, 0.1) is 0 Å². The number of para-hydroxylation sites is 1. The summed E-state index contributed by atoms with van der Waals surface area (Å²) >= 11 is 0. The van der Waals surface area contributed by atoms with E-state index in [9.17, 15) is 0 Å². The summed E-state index contributed by atoms with van der Waals surface area (Å²) in [4.78, 5) is 2.29. The Kier molecular flexibility index (Phi) is 3.82. The number of nitrogens with zero attached hydrogens (tertiary/aromatic N) is 1. The largest absolute Gasteiger partial charge is 0.461 e. The van der Waals surface area contributed by atoms with Gasteiger partial charge in [-0.15, -0.1) is 0 Å². The van der Waals surface area contributed by atoms with E-state index in [1.807, 2.05) is 19.1 Å². The Morgan fingerprint density at radius 1 is 1.29 bits per heavy atom. The molecule has 0 atom stereocenters. The molecule has 0 fully saturated rings. The highest BCUT2D eigenvalue weighted by atomic mass is 16.3. The summed E-state index contributed by atoms with van der Waals surface area (Å²) in [6.45, 7) is 4.72. The second-order valence-corrected chi connectivity index (χ2v) is 4.51. The second-order valence-electron chi connectivity index (χ2n) is 4.51. The van der Waals surface area contributed by atoms with Crippen molar-refractivity contribution in [3.05, 3.63) is 35.6 Å². The Labute approximate surface area is 102 Å². The fraction of sp³-hybridized carbons (Fsp3) is 0.429. The molecule has 0 radical (unpaired) electrons. The highest BCUT2D eigenvalue weighted by Gasteiger charge is 2.11. The molecule has 0 aliphatic heterocycles. The van der Waals surface area contributed by atoms with E-state index >= 15 is 0 Å². The van der Waals surface area contributed by atoms with Crippen molar-refractivity contribution in [2.45, 2.75) is 19.9 Å². The van der Waals surface area contributed by atoms with Crippen LogP contribution in [0.3, 0.4) is 0 Å². The van der Waals surface area contributed by atoms with Crippen molar-refractivity contribution in [2.24, 2.45) is 5.73 Å². The number of hydrogen-bond donors (Lipinski definition) is 1. The molecule has 0 spiro atoms. The molecule has 0 aliphatic rings. The van der Waals surface area contributed by atoms with Gasteiger partial charge in [-0.2, -0.15) is 0 Å². The molecule has 2 N–H and O–H groups in total. The van der Waals surface area contributed by atoms with Crippen molar-refractivity contribution in [1.82, 2.24) is 4.90 Å². The molecular weight excluding hydrogens is 212 g/mol. The van der Waals surface area contributed by atoms with Crippen molar-refractivity contribution < 1.29 is 4.42 Å². The molecule has 1 heterocycles. The molecule has 1 aromatic heterocycles. The summed E-state index contributed by atoms with van der Waals surface area (Å²) in [5, 5.41) is 1.23. The minimum atomic E-state index is 0.745. The fourth-order valence-corrected chi connectivity index (χ4v) is 2.13. The first-order valence-corrected chi connectivity index (χ1v) is 6.08. The molecule has 1 aromatic carbocycles. The predicted octanol–water partition coefficient (Wildman–Crippen LogP) is 2.52. The van der Waals surface area contributed by atoms with Gasteiger partial charge in [0.1, 0.15) is 11.3 Å². The highest BCUT2D eigenvalue weighted by Crippen LogP contribution is 2.26. The molecule has 0 aliphatic carbocycles. The first-order chi connectivity index (χ1) is 8.22. The Balaban J connectivity index is 2.20. The fourth-order valence-electron chi connectivity index (χ4n) is 2.13. The highest BCUT2D eigenvalue weighted by molar-refractivity contribution is 5.82. The van der Waals surface area contributed by atoms with Gasteiger partial charge in [0.15, 0.2) is 0 Å². The van der Waals surface area contributed by atoms with Crippen LogP contribution in [0.4, 0.5) is 0 Å². The lowest BCUT2D eigenvalue weighted by Crippen LogP contribution is -2.21. The zero-order chi connectivity index (χ0) is 12.3. The number of aryl methyl sites for hydroxylation is 1. The van der Waals surface area contributed by atoms with E-state index < -0.39 is 0 Å². The smallest absolute Gasteiger partial charge is 0.134 e. The lowest BCUT2D eigenvalue weighted by Gasteiger charge is -2.15. The van der Waals surface area contributed by atoms with Crippen LogP contribution in [0.2, 0.25) is 0 Å². The first kappa shape index (κ1) is 12.1. The van der Waals surface area contributed by atoms with Gasteiger partial charge in [0.25, 0.3) is 0 Å². The van der Waals surface area contributed by atoms with Crippen LogP contribution in [0.25, 0.3) is 11.0 Å². The maximum absolute atomic E-state index is 5.75. The van der Waals surface area contributed by atoms with Crippen LogP contribution in [0.5, 0.6) is 0 Å². The van der Waals surface area contributed by atoms with E-state index in [-0.39, 0.29) is 0 Å². The molecule has 2 aromatic rings. The summed E-state index contributed by atoms with van der Waals surface area (Å²) in [5.41, 5.74) is 7.80. The van der Waals surface area contributed by atoms with E-state index in [1.165, 1.54) is 10.9 Å². The lowest BCUT2D eigenvalue weighted by molar-refractivity contribution is 0.322. The first-order valence-electron chi connectivity index (χ1n) is 6.08. The van der Waals surface area contributed by atoms with Crippen molar-refractivity contribution in [3.8, 4) is 0 Å². The molecule has 3 nitrogen and oxygen atoms in total. The van der Waals surface area contributed by atoms with Gasteiger partial charge in [-0.3, -0.25) is 0 Å². The maximum atomic E-state index is 5.75. The second kappa shape index (κ2) is 5.34. The number of benzene rings is 1. The SMILES string of the molecule is Cc1oc2ccccc2c1CN(C)CCCN. The molecule has 0 unspecified atom stereocenters. The topological polar surface area (TPSA) is 42.4 Å². The summed E-state index contributed by atoms with van der Waals surface area (Å²) < 4.78 is 5.75. The standard InChI is InChI=1S/C14H20N2O/c1-11-13(10-16(2)9-5-8-15)12-6-3-4-7-14(12)17-11/h3-4,6-7H,5,8-10,15H2,1-2H3.